The Morgan fingerprint density at radius 2 is 2.15 bits per heavy atom. The highest BCUT2D eigenvalue weighted by molar-refractivity contribution is 6.31. The largest absolute Gasteiger partial charge is 0.383 e. The first-order valence-electron chi connectivity index (χ1n) is 8.23. The van der Waals surface area contributed by atoms with E-state index in [1.165, 1.54) is 6.07 Å². The number of halogens is 1. The maximum absolute atomic E-state index is 12.6. The lowest BCUT2D eigenvalue weighted by Crippen LogP contribution is -2.52. The molecule has 2 aromatic rings. The van der Waals surface area contributed by atoms with Crippen molar-refractivity contribution in [3.8, 4) is 0 Å². The minimum Gasteiger partial charge on any atom is -0.383 e. The van der Waals surface area contributed by atoms with Crippen LogP contribution in [0.25, 0.3) is 0 Å². The summed E-state index contributed by atoms with van der Waals surface area (Å²) in [6.07, 6.45) is -0.655. The minimum absolute atomic E-state index is 0.109. The van der Waals surface area contributed by atoms with Crippen LogP contribution in [-0.2, 0) is 20.7 Å². The number of hydrogen-bond donors (Lipinski definition) is 4. The number of nitrogens with two attached hydrogens (primary N) is 1. The molecule has 9 nitrogen and oxygen atoms in total. The number of nitrogens with zero attached hydrogens (tertiary/aromatic N) is 1. The van der Waals surface area contributed by atoms with Crippen LogP contribution in [0.2, 0.25) is 5.02 Å². The molecule has 0 radical (unpaired) electrons. The van der Waals surface area contributed by atoms with Gasteiger partial charge in [-0.1, -0.05) is 29.8 Å². The van der Waals surface area contributed by atoms with Gasteiger partial charge in [0.2, 0.25) is 5.91 Å². The molecule has 0 unspecified atom stereocenters. The van der Waals surface area contributed by atoms with E-state index in [4.69, 9.17) is 22.1 Å². The summed E-state index contributed by atoms with van der Waals surface area (Å²) in [5.41, 5.74) is 5.76. The molecule has 0 saturated carbocycles. The van der Waals surface area contributed by atoms with Gasteiger partial charge in [-0.25, -0.2) is 4.98 Å². The van der Waals surface area contributed by atoms with Gasteiger partial charge in [-0.05, 0) is 11.6 Å². The highest BCUT2D eigenvalue weighted by atomic mass is 35.5. The fourth-order valence-corrected chi connectivity index (χ4v) is 3.05. The smallest absolute Gasteiger partial charge is 0.252 e. The normalized spacial score (nSPS) is 19.4. The summed E-state index contributed by atoms with van der Waals surface area (Å²) in [6, 6.07) is 7.39. The van der Waals surface area contributed by atoms with Gasteiger partial charge in [0, 0.05) is 24.1 Å². The Balaban J connectivity index is 1.67. The molecular formula is C17H18ClN5O4. The van der Waals surface area contributed by atoms with Crippen LogP contribution in [0.5, 0.6) is 0 Å². The molecule has 10 heteroatoms. The summed E-state index contributed by atoms with van der Waals surface area (Å²) in [5, 5.41) is 5.88. The van der Waals surface area contributed by atoms with Crippen LogP contribution in [0.4, 0.5) is 5.82 Å². The average molecular weight is 392 g/mol. The zero-order valence-electron chi connectivity index (χ0n) is 14.2. The van der Waals surface area contributed by atoms with Gasteiger partial charge in [0.05, 0.1) is 6.04 Å². The second kappa shape index (κ2) is 8.19. The summed E-state index contributed by atoms with van der Waals surface area (Å²) in [7, 11) is 0. The first-order valence-corrected chi connectivity index (χ1v) is 8.60. The molecule has 1 aliphatic heterocycles. The van der Waals surface area contributed by atoms with Gasteiger partial charge >= 0.3 is 0 Å². The van der Waals surface area contributed by atoms with Crippen molar-refractivity contribution in [1.82, 2.24) is 20.6 Å². The number of hydrogen-bond acceptors (Lipinski definition) is 6. The topological polar surface area (TPSA) is 139 Å². The molecule has 142 valence electrons. The third kappa shape index (κ3) is 4.63. The van der Waals surface area contributed by atoms with E-state index >= 15 is 0 Å². The second-order valence-corrected chi connectivity index (χ2v) is 6.36. The molecule has 0 spiro atoms. The lowest BCUT2D eigenvalue weighted by Gasteiger charge is -2.32. The number of anilines is 1. The van der Waals surface area contributed by atoms with Crippen molar-refractivity contribution >= 4 is 29.2 Å². The number of aromatic amines is 1. The maximum Gasteiger partial charge on any atom is 0.252 e. The highest BCUT2D eigenvalue weighted by Gasteiger charge is 2.36. The Labute approximate surface area is 159 Å². The van der Waals surface area contributed by atoms with Crippen molar-refractivity contribution in [2.45, 2.75) is 18.6 Å². The number of nitrogen functional groups attached to an aromatic ring is 1. The average Bonchev–Trinajstić information content (AvgIpc) is 2.61. The lowest BCUT2D eigenvalue weighted by atomic mass is 9.99. The summed E-state index contributed by atoms with van der Waals surface area (Å²) < 4.78 is 5.44. The number of carbonyl (C=O) groups is 2. The van der Waals surface area contributed by atoms with E-state index in [0.29, 0.717) is 16.4 Å². The van der Waals surface area contributed by atoms with Gasteiger partial charge in [-0.2, -0.15) is 0 Å². The number of aromatic nitrogens is 2. The number of rotatable bonds is 5. The van der Waals surface area contributed by atoms with Crippen LogP contribution >= 0.6 is 11.6 Å². The van der Waals surface area contributed by atoms with Gasteiger partial charge in [-0.3, -0.25) is 14.4 Å². The fraction of sp³-hybridized carbons (Fsp3) is 0.294. The van der Waals surface area contributed by atoms with E-state index in [1.54, 1.807) is 24.3 Å². The molecule has 0 bridgehead atoms. The van der Waals surface area contributed by atoms with E-state index in [9.17, 15) is 14.4 Å². The van der Waals surface area contributed by atoms with Crippen molar-refractivity contribution in [1.29, 1.82) is 0 Å². The minimum atomic E-state index is -0.935. The number of morpholine rings is 1. The molecule has 2 heterocycles. The standard InChI is InChI=1S/C17H18ClN5O4/c18-10-4-2-1-3-9(10)15-16(27-8-14(25)23-15)17(26)20-6-5-12-21-11(19)7-13(24)22-12/h1-4,7,15-16H,5-6,8H2,(H,20,26)(H,23,25)(H3,19,21,22,24)/t15-,16+/m1/s1. The van der Waals surface area contributed by atoms with Crippen LogP contribution in [0, 0.1) is 0 Å². The molecule has 1 aliphatic rings. The third-order valence-electron chi connectivity index (χ3n) is 3.98. The number of amides is 2. The van der Waals surface area contributed by atoms with E-state index in [0.717, 1.165) is 0 Å². The number of benzene rings is 1. The molecule has 1 aromatic heterocycles. The quantitative estimate of drug-likeness (QED) is 0.562. The van der Waals surface area contributed by atoms with Gasteiger partial charge in [0.25, 0.3) is 11.5 Å². The molecule has 1 fully saturated rings. The van der Waals surface area contributed by atoms with E-state index in [-0.39, 0.29) is 36.9 Å². The van der Waals surface area contributed by atoms with Gasteiger partial charge in [0.1, 0.15) is 18.2 Å². The van der Waals surface area contributed by atoms with E-state index in [2.05, 4.69) is 20.6 Å². The van der Waals surface area contributed by atoms with E-state index in [1.807, 2.05) is 0 Å². The SMILES string of the molecule is Nc1cc(=O)[nH]c(CCNC(=O)[C@H]2OCC(=O)N[C@@H]2c2ccccc2Cl)n1. The first-order chi connectivity index (χ1) is 12.9. The Hall–Kier alpha value is -2.91. The Morgan fingerprint density at radius 3 is 2.89 bits per heavy atom. The third-order valence-corrected chi connectivity index (χ3v) is 4.33. The monoisotopic (exact) mass is 391 g/mol. The maximum atomic E-state index is 12.6. The molecule has 1 saturated heterocycles. The van der Waals surface area contributed by atoms with Crippen LogP contribution < -0.4 is 21.9 Å². The Morgan fingerprint density at radius 1 is 1.37 bits per heavy atom. The van der Waals surface area contributed by atoms with Crippen molar-refractivity contribution in [2.75, 3.05) is 18.9 Å². The van der Waals surface area contributed by atoms with Crippen LogP contribution in [0.1, 0.15) is 17.4 Å². The Bertz CT molecular complexity index is 916. The first kappa shape index (κ1) is 18.9. The predicted octanol–water partition coefficient (Wildman–Crippen LogP) is -0.0795. The van der Waals surface area contributed by atoms with Crippen LogP contribution in [0.3, 0.4) is 0 Å². The summed E-state index contributed by atoms with van der Waals surface area (Å²) in [4.78, 5) is 42.2. The van der Waals surface area contributed by atoms with Crippen molar-refractivity contribution in [3.05, 3.63) is 57.1 Å². The van der Waals surface area contributed by atoms with Gasteiger partial charge in [0.15, 0.2) is 6.10 Å². The number of ether oxygens (including phenoxy) is 1. The highest BCUT2D eigenvalue weighted by Crippen LogP contribution is 2.28. The predicted molar refractivity (Wildman–Crippen MR) is 98.1 cm³/mol. The molecule has 27 heavy (non-hydrogen) atoms. The van der Waals surface area contributed by atoms with Gasteiger partial charge < -0.3 is 26.1 Å². The molecule has 0 aliphatic carbocycles. The molecule has 1 aromatic carbocycles. The van der Waals surface area contributed by atoms with Crippen LogP contribution in [0.15, 0.2) is 35.1 Å². The van der Waals surface area contributed by atoms with Crippen molar-refractivity contribution in [3.63, 3.8) is 0 Å². The van der Waals surface area contributed by atoms with Crippen molar-refractivity contribution < 1.29 is 14.3 Å². The zero-order valence-corrected chi connectivity index (χ0v) is 15.0. The summed E-state index contributed by atoms with van der Waals surface area (Å²) in [6.45, 7) is -0.0165. The van der Waals surface area contributed by atoms with Crippen molar-refractivity contribution in [2.24, 2.45) is 0 Å². The molecule has 3 rings (SSSR count). The molecule has 2 amide bonds. The molecule has 2 atom stereocenters. The van der Waals surface area contributed by atoms with Crippen LogP contribution in [-0.4, -0.2) is 41.0 Å². The number of carbonyl (C=O) groups excluding carboxylic acids is 2. The summed E-state index contributed by atoms with van der Waals surface area (Å²) >= 11 is 6.20. The fourth-order valence-electron chi connectivity index (χ4n) is 2.80. The molecule has 5 N–H and O–H groups in total. The zero-order chi connectivity index (χ0) is 19.4. The Kier molecular flexibility index (Phi) is 5.72. The molecular weight excluding hydrogens is 374 g/mol. The van der Waals surface area contributed by atoms with Gasteiger partial charge in [-0.15, -0.1) is 0 Å². The van der Waals surface area contributed by atoms with E-state index < -0.39 is 18.1 Å². The summed E-state index contributed by atoms with van der Waals surface area (Å²) in [5.74, 6) is -0.269. The number of H-pyrrole nitrogens is 1. The second-order valence-electron chi connectivity index (χ2n) is 5.96. The lowest BCUT2D eigenvalue weighted by molar-refractivity contribution is -0.148. The number of nitrogens with one attached hydrogen (secondary N) is 3.